The third-order valence-corrected chi connectivity index (χ3v) is 3.08. The highest BCUT2D eigenvalue weighted by Crippen LogP contribution is 2.05. The molecule has 0 aliphatic carbocycles. The van der Waals surface area contributed by atoms with Crippen LogP contribution in [0.15, 0.2) is 23.1 Å². The van der Waals surface area contributed by atoms with Crippen molar-refractivity contribution in [2.75, 3.05) is 11.9 Å². The minimum Gasteiger partial charge on any atom is -0.393 e. The Morgan fingerprint density at radius 3 is 2.70 bits per heavy atom. The molecule has 0 saturated carbocycles. The van der Waals surface area contributed by atoms with Crippen molar-refractivity contribution in [3.05, 3.63) is 28.7 Å². The Bertz CT molecular complexity index is 497. The Kier molecular flexibility index (Phi) is 6.24. The van der Waals surface area contributed by atoms with Gasteiger partial charge in [0, 0.05) is 25.4 Å². The van der Waals surface area contributed by atoms with Crippen LogP contribution >= 0.6 is 0 Å². The van der Waals surface area contributed by atoms with E-state index in [0.29, 0.717) is 25.2 Å². The van der Waals surface area contributed by atoms with Gasteiger partial charge >= 0.3 is 6.03 Å². The number of carbonyl (C=O) groups is 1. The minimum atomic E-state index is -0.419. The molecule has 0 radical (unpaired) electrons. The molecule has 1 rings (SSSR count). The number of aliphatic hydroxyl groups excluding tert-OH is 1. The number of anilines is 1. The van der Waals surface area contributed by atoms with Crippen LogP contribution < -0.4 is 16.2 Å². The molecule has 1 aromatic heterocycles. The molecule has 0 spiro atoms. The number of amides is 2. The summed E-state index contributed by atoms with van der Waals surface area (Å²) in [6.07, 6.45) is 1.70. The summed E-state index contributed by atoms with van der Waals surface area (Å²) < 4.78 is 1.51. The van der Waals surface area contributed by atoms with Gasteiger partial charge in [-0.05, 0) is 25.3 Å². The van der Waals surface area contributed by atoms with Gasteiger partial charge in [0.1, 0.15) is 0 Å². The lowest BCUT2D eigenvalue weighted by atomic mass is 10.0. The SMILES string of the molecule is CCn1cc(NC(=O)NCCC(O)C(C)C)ccc1=O. The van der Waals surface area contributed by atoms with E-state index in [1.165, 1.54) is 10.6 Å². The molecule has 6 nitrogen and oxygen atoms in total. The first-order chi connectivity index (χ1) is 9.43. The molecule has 112 valence electrons. The van der Waals surface area contributed by atoms with Crippen LogP contribution in [0.2, 0.25) is 0 Å². The summed E-state index contributed by atoms with van der Waals surface area (Å²) in [5.41, 5.74) is 0.465. The molecule has 20 heavy (non-hydrogen) atoms. The lowest BCUT2D eigenvalue weighted by Crippen LogP contribution is -2.32. The third kappa shape index (κ3) is 5.05. The molecular weight excluding hydrogens is 258 g/mol. The number of nitrogens with zero attached hydrogens (tertiary/aromatic N) is 1. The standard InChI is InChI=1S/C14H23N3O3/c1-4-17-9-11(5-6-13(17)19)16-14(20)15-8-7-12(18)10(2)3/h5-6,9-10,12,18H,4,7-8H2,1-3H3,(H2,15,16,20). The number of pyridine rings is 1. The molecule has 1 unspecified atom stereocenters. The van der Waals surface area contributed by atoms with Crippen molar-refractivity contribution in [3.63, 3.8) is 0 Å². The number of carbonyl (C=O) groups excluding carboxylic acids is 1. The second-order valence-electron chi connectivity index (χ2n) is 5.02. The predicted molar refractivity (Wildman–Crippen MR) is 78.9 cm³/mol. The molecular formula is C14H23N3O3. The van der Waals surface area contributed by atoms with E-state index < -0.39 is 6.10 Å². The van der Waals surface area contributed by atoms with E-state index in [2.05, 4.69) is 10.6 Å². The lowest BCUT2D eigenvalue weighted by Gasteiger charge is -2.15. The Labute approximate surface area is 118 Å². The van der Waals surface area contributed by atoms with E-state index >= 15 is 0 Å². The summed E-state index contributed by atoms with van der Waals surface area (Å²) in [5, 5.41) is 14.9. The van der Waals surface area contributed by atoms with E-state index in [1.54, 1.807) is 12.3 Å². The summed E-state index contributed by atoms with van der Waals surface area (Å²) in [7, 11) is 0. The maximum Gasteiger partial charge on any atom is 0.319 e. The largest absolute Gasteiger partial charge is 0.393 e. The minimum absolute atomic E-state index is 0.0986. The molecule has 2 amide bonds. The van der Waals surface area contributed by atoms with Crippen molar-refractivity contribution in [2.45, 2.75) is 39.8 Å². The fourth-order valence-corrected chi connectivity index (χ4v) is 1.69. The maximum absolute atomic E-state index is 11.7. The Hall–Kier alpha value is -1.82. The van der Waals surface area contributed by atoms with Crippen LogP contribution in [0.3, 0.4) is 0 Å². The Morgan fingerprint density at radius 2 is 2.10 bits per heavy atom. The maximum atomic E-state index is 11.7. The highest BCUT2D eigenvalue weighted by molar-refractivity contribution is 5.88. The zero-order valence-corrected chi connectivity index (χ0v) is 12.2. The van der Waals surface area contributed by atoms with Crippen molar-refractivity contribution in [1.82, 2.24) is 9.88 Å². The summed E-state index contributed by atoms with van der Waals surface area (Å²) in [6.45, 7) is 6.67. The summed E-state index contributed by atoms with van der Waals surface area (Å²) in [6, 6.07) is 2.64. The highest BCUT2D eigenvalue weighted by atomic mass is 16.3. The van der Waals surface area contributed by atoms with E-state index in [4.69, 9.17) is 0 Å². The van der Waals surface area contributed by atoms with Crippen LogP contribution in [0.4, 0.5) is 10.5 Å². The molecule has 1 heterocycles. The second-order valence-corrected chi connectivity index (χ2v) is 5.02. The zero-order valence-electron chi connectivity index (χ0n) is 12.2. The lowest BCUT2D eigenvalue weighted by molar-refractivity contribution is 0.117. The van der Waals surface area contributed by atoms with Crippen molar-refractivity contribution in [3.8, 4) is 0 Å². The highest BCUT2D eigenvalue weighted by Gasteiger charge is 2.09. The average Bonchev–Trinajstić information content (AvgIpc) is 2.40. The van der Waals surface area contributed by atoms with E-state index in [0.717, 1.165) is 0 Å². The van der Waals surface area contributed by atoms with E-state index in [1.807, 2.05) is 20.8 Å². The number of hydrogen-bond acceptors (Lipinski definition) is 3. The number of rotatable bonds is 6. The smallest absolute Gasteiger partial charge is 0.319 e. The van der Waals surface area contributed by atoms with Gasteiger partial charge in [-0.25, -0.2) is 4.79 Å². The van der Waals surface area contributed by atoms with E-state index in [-0.39, 0.29) is 17.5 Å². The van der Waals surface area contributed by atoms with Gasteiger partial charge in [0.15, 0.2) is 0 Å². The van der Waals surface area contributed by atoms with Crippen LogP contribution in [0.5, 0.6) is 0 Å². The third-order valence-electron chi connectivity index (χ3n) is 3.08. The van der Waals surface area contributed by atoms with Gasteiger partial charge in [-0.15, -0.1) is 0 Å². The molecule has 0 aliphatic rings. The second kappa shape index (κ2) is 7.69. The number of urea groups is 1. The number of aliphatic hydroxyl groups is 1. The zero-order chi connectivity index (χ0) is 15.1. The Balaban J connectivity index is 2.45. The van der Waals surface area contributed by atoms with Gasteiger partial charge in [-0.1, -0.05) is 13.8 Å². The van der Waals surface area contributed by atoms with Gasteiger partial charge in [0.05, 0.1) is 11.8 Å². The summed E-state index contributed by atoms with van der Waals surface area (Å²) >= 11 is 0. The quantitative estimate of drug-likeness (QED) is 0.737. The number of hydrogen-bond donors (Lipinski definition) is 3. The average molecular weight is 281 g/mol. The van der Waals surface area contributed by atoms with Crippen LogP contribution in [0.25, 0.3) is 0 Å². The van der Waals surface area contributed by atoms with E-state index in [9.17, 15) is 14.7 Å². The molecule has 0 saturated heterocycles. The molecule has 1 aromatic rings. The van der Waals surface area contributed by atoms with Crippen molar-refractivity contribution in [1.29, 1.82) is 0 Å². The van der Waals surface area contributed by atoms with Crippen LogP contribution in [0, 0.1) is 5.92 Å². The van der Waals surface area contributed by atoms with Crippen molar-refractivity contribution in [2.24, 2.45) is 5.92 Å². The fourth-order valence-electron chi connectivity index (χ4n) is 1.69. The molecule has 0 aromatic carbocycles. The Morgan fingerprint density at radius 1 is 1.40 bits per heavy atom. The first kappa shape index (κ1) is 16.2. The van der Waals surface area contributed by atoms with Gasteiger partial charge < -0.3 is 20.3 Å². The van der Waals surface area contributed by atoms with Gasteiger partial charge in [0.25, 0.3) is 5.56 Å². The van der Waals surface area contributed by atoms with Gasteiger partial charge in [-0.3, -0.25) is 4.79 Å². The predicted octanol–water partition coefficient (Wildman–Crippen LogP) is 1.40. The van der Waals surface area contributed by atoms with Crippen LogP contribution in [0.1, 0.15) is 27.2 Å². The topological polar surface area (TPSA) is 83.4 Å². The molecule has 6 heteroatoms. The molecule has 3 N–H and O–H groups in total. The van der Waals surface area contributed by atoms with Gasteiger partial charge in [-0.2, -0.15) is 0 Å². The molecule has 0 bridgehead atoms. The van der Waals surface area contributed by atoms with Crippen molar-refractivity contribution < 1.29 is 9.90 Å². The number of aromatic nitrogens is 1. The first-order valence-electron chi connectivity index (χ1n) is 6.87. The monoisotopic (exact) mass is 281 g/mol. The summed E-state index contributed by atoms with van der Waals surface area (Å²) in [5.74, 6) is 0.174. The fraction of sp³-hybridized carbons (Fsp3) is 0.571. The van der Waals surface area contributed by atoms with Gasteiger partial charge in [0.2, 0.25) is 0 Å². The number of nitrogens with one attached hydrogen (secondary N) is 2. The van der Waals surface area contributed by atoms with Crippen LogP contribution in [-0.4, -0.2) is 28.4 Å². The summed E-state index contributed by atoms with van der Waals surface area (Å²) in [4.78, 5) is 23.1. The molecule has 1 atom stereocenters. The molecule has 0 fully saturated rings. The number of aryl methyl sites for hydroxylation is 1. The van der Waals surface area contributed by atoms with Crippen molar-refractivity contribution >= 4 is 11.7 Å². The first-order valence-corrected chi connectivity index (χ1v) is 6.87. The molecule has 0 aliphatic heterocycles. The normalized spacial score (nSPS) is 12.2. The van der Waals surface area contributed by atoms with Crippen LogP contribution in [-0.2, 0) is 6.54 Å².